The van der Waals surface area contributed by atoms with Crippen LogP contribution in [0, 0.1) is 0 Å². The maximum absolute atomic E-state index is 12.8. The molecule has 0 radical (unpaired) electrons. The molecular weight excluding hydrogens is 418 g/mol. The van der Waals surface area contributed by atoms with Gasteiger partial charge in [-0.25, -0.2) is 4.98 Å². The number of para-hydroxylation sites is 1. The number of sulfonamides is 1. The van der Waals surface area contributed by atoms with Gasteiger partial charge in [-0.1, -0.05) is 47.6 Å². The van der Waals surface area contributed by atoms with E-state index in [9.17, 15) is 8.42 Å². The summed E-state index contributed by atoms with van der Waals surface area (Å²) in [5.74, 6) is 0.585. The Bertz CT molecular complexity index is 1190. The van der Waals surface area contributed by atoms with E-state index in [1.807, 2.05) is 18.2 Å². The first-order chi connectivity index (χ1) is 13.5. The van der Waals surface area contributed by atoms with Crippen molar-refractivity contribution in [2.24, 2.45) is 0 Å². The van der Waals surface area contributed by atoms with E-state index in [1.54, 1.807) is 30.6 Å². The summed E-state index contributed by atoms with van der Waals surface area (Å²) < 4.78 is 33.6. The Morgan fingerprint density at radius 1 is 1.11 bits per heavy atom. The molecule has 0 fully saturated rings. The molecule has 3 heterocycles. The van der Waals surface area contributed by atoms with Crippen molar-refractivity contribution in [3.05, 3.63) is 77.7 Å². The van der Waals surface area contributed by atoms with Crippen LogP contribution >= 0.6 is 23.4 Å². The Labute approximate surface area is 171 Å². The van der Waals surface area contributed by atoms with E-state index >= 15 is 0 Å². The topological polar surface area (TPSA) is 85.1 Å². The minimum absolute atomic E-state index is 0.170. The first-order valence-electron chi connectivity index (χ1n) is 8.20. The first kappa shape index (κ1) is 18.8. The molecule has 0 atom stereocenters. The van der Waals surface area contributed by atoms with Crippen LogP contribution in [0.1, 0.15) is 5.56 Å². The number of thioether (sulfide) groups is 1. The van der Waals surface area contributed by atoms with Gasteiger partial charge in [-0.3, -0.25) is 9.71 Å². The summed E-state index contributed by atoms with van der Waals surface area (Å²) in [5, 5.41) is 1.37. The van der Waals surface area contributed by atoms with Crippen LogP contribution in [0.2, 0.25) is 5.02 Å². The number of anilines is 1. The highest BCUT2D eigenvalue weighted by Gasteiger charge is 2.22. The number of aromatic nitrogens is 2. The first-order valence-corrected chi connectivity index (χ1v) is 11.0. The van der Waals surface area contributed by atoms with E-state index in [0.29, 0.717) is 32.5 Å². The number of nitrogens with zero attached hydrogens (tertiary/aromatic N) is 2. The van der Waals surface area contributed by atoms with E-state index in [0.717, 1.165) is 5.56 Å². The monoisotopic (exact) mass is 431 g/mol. The Hall–Kier alpha value is -2.55. The number of fused-ring (bicyclic) bond motifs is 1. The van der Waals surface area contributed by atoms with Crippen LogP contribution in [0.25, 0.3) is 11.0 Å². The van der Waals surface area contributed by atoms with E-state index in [4.69, 9.17) is 16.0 Å². The molecule has 1 aromatic carbocycles. The van der Waals surface area contributed by atoms with Crippen molar-refractivity contribution in [3.8, 4) is 0 Å². The predicted molar refractivity (Wildman–Crippen MR) is 110 cm³/mol. The number of pyridine rings is 2. The van der Waals surface area contributed by atoms with Crippen molar-refractivity contribution in [2.45, 2.75) is 15.9 Å². The summed E-state index contributed by atoms with van der Waals surface area (Å²) in [4.78, 5) is 8.34. The minimum atomic E-state index is -3.94. The second-order valence-corrected chi connectivity index (χ2v) is 8.88. The molecule has 9 heteroatoms. The van der Waals surface area contributed by atoms with Gasteiger partial charge in [0.1, 0.15) is 10.6 Å². The van der Waals surface area contributed by atoms with Gasteiger partial charge in [0.05, 0.1) is 10.7 Å². The third-order valence-corrected chi connectivity index (χ3v) is 6.33. The fraction of sp³-hybridized carbons (Fsp3) is 0.0526. The molecule has 0 unspecified atom stereocenters. The summed E-state index contributed by atoms with van der Waals surface area (Å²) in [5.41, 5.74) is 1.79. The van der Waals surface area contributed by atoms with E-state index in [2.05, 4.69) is 14.7 Å². The molecule has 0 bridgehead atoms. The molecule has 1 N–H and O–H groups in total. The van der Waals surface area contributed by atoms with Crippen LogP contribution in [0.3, 0.4) is 0 Å². The zero-order valence-electron chi connectivity index (χ0n) is 14.4. The Balaban J connectivity index is 1.61. The van der Waals surface area contributed by atoms with Crippen LogP contribution in [0.15, 0.2) is 81.7 Å². The van der Waals surface area contributed by atoms with Gasteiger partial charge in [0.15, 0.2) is 0 Å². The molecular formula is C19H14ClN3O3S2. The van der Waals surface area contributed by atoms with Gasteiger partial charge in [0, 0.05) is 35.8 Å². The number of halogens is 1. The quantitative estimate of drug-likeness (QED) is 0.434. The summed E-state index contributed by atoms with van der Waals surface area (Å²) >= 11 is 7.42. The molecule has 0 aliphatic heterocycles. The molecule has 0 saturated heterocycles. The van der Waals surface area contributed by atoms with E-state index < -0.39 is 10.0 Å². The lowest BCUT2D eigenvalue weighted by Gasteiger charge is -2.10. The van der Waals surface area contributed by atoms with Crippen LogP contribution in [-0.2, 0) is 15.8 Å². The molecule has 3 aromatic heterocycles. The SMILES string of the molecule is O=S(=O)(Nc1cc(Cl)cnc1SCc1cccnc1)c1cc2ccccc2o1. The summed E-state index contributed by atoms with van der Waals surface area (Å²) in [6, 6.07) is 13.9. The van der Waals surface area contributed by atoms with Gasteiger partial charge < -0.3 is 4.42 Å². The summed E-state index contributed by atoms with van der Waals surface area (Å²) in [6.45, 7) is 0. The number of hydrogen-bond acceptors (Lipinski definition) is 6. The van der Waals surface area contributed by atoms with Crippen molar-refractivity contribution < 1.29 is 12.8 Å². The van der Waals surface area contributed by atoms with E-state index in [1.165, 1.54) is 30.1 Å². The predicted octanol–water partition coefficient (Wildman–Crippen LogP) is 4.97. The number of furan rings is 1. The number of rotatable bonds is 6. The summed E-state index contributed by atoms with van der Waals surface area (Å²) in [6.07, 6.45) is 4.93. The third-order valence-electron chi connectivity index (χ3n) is 3.83. The average Bonchev–Trinajstić information content (AvgIpc) is 3.13. The smallest absolute Gasteiger partial charge is 0.295 e. The minimum Gasteiger partial charge on any atom is -0.443 e. The largest absolute Gasteiger partial charge is 0.443 e. The van der Waals surface area contributed by atoms with Gasteiger partial charge in [-0.15, -0.1) is 0 Å². The lowest BCUT2D eigenvalue weighted by atomic mass is 10.3. The maximum atomic E-state index is 12.8. The lowest BCUT2D eigenvalue weighted by Crippen LogP contribution is -2.13. The zero-order chi connectivity index (χ0) is 19.6. The molecule has 4 rings (SSSR count). The molecule has 0 aliphatic carbocycles. The fourth-order valence-corrected chi connectivity index (χ4v) is 4.65. The van der Waals surface area contributed by atoms with Gasteiger partial charge in [0.25, 0.3) is 10.0 Å². The Morgan fingerprint density at radius 3 is 2.75 bits per heavy atom. The van der Waals surface area contributed by atoms with Crippen LogP contribution in [0.5, 0.6) is 0 Å². The van der Waals surface area contributed by atoms with Gasteiger partial charge >= 0.3 is 0 Å². The second-order valence-electron chi connectivity index (χ2n) is 5.86. The summed E-state index contributed by atoms with van der Waals surface area (Å²) in [7, 11) is -3.94. The maximum Gasteiger partial charge on any atom is 0.295 e. The van der Waals surface area contributed by atoms with Crippen molar-refractivity contribution in [2.75, 3.05) is 4.72 Å². The number of hydrogen-bond donors (Lipinski definition) is 1. The zero-order valence-corrected chi connectivity index (χ0v) is 16.8. The molecule has 0 spiro atoms. The number of nitrogens with one attached hydrogen (secondary N) is 1. The van der Waals surface area contributed by atoms with Gasteiger partial charge in [-0.05, 0) is 23.8 Å². The molecule has 0 aliphatic rings. The van der Waals surface area contributed by atoms with E-state index in [-0.39, 0.29) is 5.09 Å². The normalized spacial score (nSPS) is 11.6. The van der Waals surface area contributed by atoms with Gasteiger partial charge in [-0.2, -0.15) is 8.42 Å². The Morgan fingerprint density at radius 2 is 1.96 bits per heavy atom. The van der Waals surface area contributed by atoms with Crippen molar-refractivity contribution >= 4 is 50.0 Å². The highest BCUT2D eigenvalue weighted by molar-refractivity contribution is 7.98. The third kappa shape index (κ3) is 4.14. The van der Waals surface area contributed by atoms with Crippen molar-refractivity contribution in [1.82, 2.24) is 9.97 Å². The fourth-order valence-electron chi connectivity index (χ4n) is 2.54. The molecule has 4 aromatic rings. The lowest BCUT2D eigenvalue weighted by molar-refractivity contribution is 0.484. The molecule has 142 valence electrons. The average molecular weight is 432 g/mol. The Kier molecular flexibility index (Phi) is 5.25. The van der Waals surface area contributed by atoms with Crippen LogP contribution in [0.4, 0.5) is 5.69 Å². The van der Waals surface area contributed by atoms with Crippen LogP contribution < -0.4 is 4.72 Å². The second kappa shape index (κ2) is 7.83. The highest BCUT2D eigenvalue weighted by Crippen LogP contribution is 2.32. The van der Waals surface area contributed by atoms with Crippen LogP contribution in [-0.4, -0.2) is 18.4 Å². The highest BCUT2D eigenvalue weighted by atomic mass is 35.5. The number of benzene rings is 1. The molecule has 0 saturated carbocycles. The van der Waals surface area contributed by atoms with Crippen molar-refractivity contribution in [1.29, 1.82) is 0 Å². The molecule has 6 nitrogen and oxygen atoms in total. The standard InChI is InChI=1S/C19H14ClN3O3S2/c20-15-9-16(19(22-11-15)27-12-13-4-3-7-21-10-13)23-28(24,25)18-8-14-5-1-2-6-17(14)26-18/h1-11,23H,12H2. The van der Waals surface area contributed by atoms with Gasteiger partial charge in [0.2, 0.25) is 5.09 Å². The van der Waals surface area contributed by atoms with Crippen molar-refractivity contribution in [3.63, 3.8) is 0 Å². The molecule has 28 heavy (non-hydrogen) atoms. The molecule has 0 amide bonds.